The summed E-state index contributed by atoms with van der Waals surface area (Å²) >= 11 is 1.45. The highest BCUT2D eigenvalue weighted by Gasteiger charge is 2.39. The molecule has 1 heterocycles. The van der Waals surface area contributed by atoms with Gasteiger partial charge in [0.05, 0.1) is 24.5 Å². The molecule has 6 nitrogen and oxygen atoms in total. The van der Waals surface area contributed by atoms with Crippen LogP contribution in [0.1, 0.15) is 81.1 Å². The van der Waals surface area contributed by atoms with Crippen LogP contribution in [0.4, 0.5) is 5.00 Å². The van der Waals surface area contributed by atoms with Crippen LogP contribution in [0.25, 0.3) is 0 Å². The fourth-order valence-corrected chi connectivity index (χ4v) is 6.30. The number of rotatable bonds is 6. The van der Waals surface area contributed by atoms with Gasteiger partial charge in [-0.2, -0.15) is 0 Å². The summed E-state index contributed by atoms with van der Waals surface area (Å²) < 4.78 is 5.05. The molecule has 2 aliphatic rings. The first-order chi connectivity index (χ1) is 15.0. The van der Waals surface area contributed by atoms with Gasteiger partial charge in [0.1, 0.15) is 5.00 Å². The molecule has 3 atom stereocenters. The molecule has 3 rings (SSSR count). The summed E-state index contributed by atoms with van der Waals surface area (Å²) in [5.74, 6) is -2.65. The Kier molecular flexibility index (Phi) is 7.18. The summed E-state index contributed by atoms with van der Waals surface area (Å²) in [5.41, 5.74) is 3.72. The topological polar surface area (TPSA) is 92.7 Å². The molecule has 1 aromatic rings. The number of allylic oxidation sites excluding steroid dienone is 2. The van der Waals surface area contributed by atoms with Crippen molar-refractivity contribution >= 4 is 34.2 Å². The van der Waals surface area contributed by atoms with Crippen LogP contribution in [0.2, 0.25) is 0 Å². The molecule has 0 spiro atoms. The molecule has 0 saturated carbocycles. The number of carboxylic acid groups (broad SMARTS) is 1. The van der Waals surface area contributed by atoms with Crippen LogP contribution in [0.3, 0.4) is 0 Å². The molecule has 2 aliphatic carbocycles. The first-order valence-electron chi connectivity index (χ1n) is 11.4. The average molecular weight is 462 g/mol. The van der Waals surface area contributed by atoms with E-state index in [1.807, 2.05) is 13.8 Å². The summed E-state index contributed by atoms with van der Waals surface area (Å²) in [6.45, 7) is 10.7. The third kappa shape index (κ3) is 4.63. The van der Waals surface area contributed by atoms with Crippen LogP contribution in [0.15, 0.2) is 11.1 Å². The number of amides is 1. The van der Waals surface area contributed by atoms with Gasteiger partial charge in [0.2, 0.25) is 5.91 Å². The van der Waals surface area contributed by atoms with E-state index in [-0.39, 0.29) is 11.3 Å². The van der Waals surface area contributed by atoms with E-state index in [0.717, 1.165) is 47.3 Å². The van der Waals surface area contributed by atoms with Gasteiger partial charge in [0.15, 0.2) is 0 Å². The number of nitrogens with one attached hydrogen (secondary N) is 1. The smallest absolute Gasteiger partial charge is 0.341 e. The van der Waals surface area contributed by atoms with Gasteiger partial charge in [0.25, 0.3) is 0 Å². The van der Waals surface area contributed by atoms with Gasteiger partial charge in [0, 0.05) is 4.88 Å². The van der Waals surface area contributed by atoms with Crippen molar-refractivity contribution in [3.8, 4) is 0 Å². The molecule has 0 aromatic carbocycles. The minimum atomic E-state index is -0.958. The average Bonchev–Trinajstić information content (AvgIpc) is 3.11. The second-order valence-electron chi connectivity index (χ2n) is 9.99. The predicted octanol–water partition coefficient (Wildman–Crippen LogP) is 5.46. The van der Waals surface area contributed by atoms with Gasteiger partial charge in [-0.15, -0.1) is 11.3 Å². The van der Waals surface area contributed by atoms with Crippen LogP contribution >= 0.6 is 11.3 Å². The van der Waals surface area contributed by atoms with Gasteiger partial charge in [-0.25, -0.2) is 4.79 Å². The van der Waals surface area contributed by atoms with E-state index in [1.165, 1.54) is 18.4 Å². The number of hydrogen-bond donors (Lipinski definition) is 2. The molecule has 1 aromatic heterocycles. The summed E-state index contributed by atoms with van der Waals surface area (Å²) in [4.78, 5) is 38.9. The van der Waals surface area contributed by atoms with Crippen molar-refractivity contribution in [3.05, 3.63) is 27.2 Å². The number of methoxy groups -OCH3 is 1. The van der Waals surface area contributed by atoms with Gasteiger partial charge in [-0.1, -0.05) is 38.3 Å². The maximum Gasteiger partial charge on any atom is 0.341 e. The second-order valence-corrected chi connectivity index (χ2v) is 11.1. The Hall–Kier alpha value is -2.15. The first-order valence-corrected chi connectivity index (χ1v) is 12.2. The van der Waals surface area contributed by atoms with Crippen molar-refractivity contribution in [2.24, 2.45) is 23.2 Å². The third-order valence-electron chi connectivity index (χ3n) is 7.83. The standard InChI is InChI=1S/C25H35NO5S/c1-7-25(4,5)15-8-9-16-19(12-15)32-22(20(16)24(30)31-6)26-21(27)17-10-13(2)14(3)11-18(17)23(28)29/h15,17-18H,7-12H2,1-6H3,(H,26,27)(H,28,29). The Balaban J connectivity index is 1.92. The highest BCUT2D eigenvalue weighted by molar-refractivity contribution is 7.17. The summed E-state index contributed by atoms with van der Waals surface area (Å²) in [6.07, 6.45) is 4.52. The Bertz CT molecular complexity index is 958. The molecule has 3 unspecified atom stereocenters. The van der Waals surface area contributed by atoms with Crippen molar-refractivity contribution in [2.45, 2.75) is 73.1 Å². The maximum absolute atomic E-state index is 13.2. The fourth-order valence-electron chi connectivity index (χ4n) is 4.98. The minimum absolute atomic E-state index is 0.203. The molecule has 176 valence electrons. The Labute approximate surface area is 194 Å². The van der Waals surface area contributed by atoms with E-state index in [0.29, 0.717) is 29.3 Å². The molecule has 32 heavy (non-hydrogen) atoms. The minimum Gasteiger partial charge on any atom is -0.481 e. The lowest BCUT2D eigenvalue weighted by atomic mass is 9.69. The summed E-state index contributed by atoms with van der Waals surface area (Å²) in [5, 5.41) is 13.1. The van der Waals surface area contributed by atoms with E-state index >= 15 is 0 Å². The Morgan fingerprint density at radius 1 is 1.12 bits per heavy atom. The quantitative estimate of drug-likeness (QED) is 0.433. The molecule has 2 N–H and O–H groups in total. The molecule has 0 fully saturated rings. The molecular formula is C25H35NO5S. The number of esters is 1. The van der Waals surface area contributed by atoms with Gasteiger partial charge >= 0.3 is 11.9 Å². The van der Waals surface area contributed by atoms with Gasteiger partial charge < -0.3 is 15.2 Å². The van der Waals surface area contributed by atoms with E-state index in [1.54, 1.807) is 0 Å². The van der Waals surface area contributed by atoms with E-state index in [2.05, 4.69) is 26.1 Å². The van der Waals surface area contributed by atoms with Crippen LogP contribution in [0, 0.1) is 23.2 Å². The molecule has 0 bridgehead atoms. The zero-order chi connectivity index (χ0) is 23.8. The number of fused-ring (bicyclic) bond motifs is 1. The molecule has 7 heteroatoms. The monoisotopic (exact) mass is 461 g/mol. The van der Waals surface area contributed by atoms with Crippen LogP contribution in [-0.2, 0) is 27.2 Å². The summed E-state index contributed by atoms with van der Waals surface area (Å²) in [6, 6.07) is 0. The molecule has 0 saturated heterocycles. The number of carboxylic acids is 1. The Morgan fingerprint density at radius 2 is 1.75 bits per heavy atom. The van der Waals surface area contributed by atoms with Gasteiger partial charge in [-0.05, 0) is 62.8 Å². The lowest BCUT2D eigenvalue weighted by Crippen LogP contribution is -2.36. The van der Waals surface area contributed by atoms with Crippen LogP contribution in [0.5, 0.6) is 0 Å². The normalized spacial score (nSPS) is 23.5. The number of aliphatic carboxylic acids is 1. The number of carbonyl (C=O) groups excluding carboxylic acids is 2. The SMILES string of the molecule is CCC(C)(C)C1CCc2c(sc(NC(=O)C3CC(C)=C(C)CC3C(=O)O)c2C(=O)OC)C1. The largest absolute Gasteiger partial charge is 0.481 e. The first kappa shape index (κ1) is 24.5. The number of ether oxygens (including phenoxy) is 1. The zero-order valence-electron chi connectivity index (χ0n) is 20.0. The number of thiophene rings is 1. The zero-order valence-corrected chi connectivity index (χ0v) is 20.8. The van der Waals surface area contributed by atoms with E-state index < -0.39 is 23.8 Å². The van der Waals surface area contributed by atoms with E-state index in [4.69, 9.17) is 4.74 Å². The highest BCUT2D eigenvalue weighted by Crippen LogP contribution is 2.46. The van der Waals surface area contributed by atoms with Crippen LogP contribution < -0.4 is 5.32 Å². The molecule has 0 radical (unpaired) electrons. The molecular weight excluding hydrogens is 426 g/mol. The fraction of sp³-hybridized carbons (Fsp3) is 0.640. The van der Waals surface area contributed by atoms with Crippen molar-refractivity contribution in [3.63, 3.8) is 0 Å². The van der Waals surface area contributed by atoms with Crippen molar-refractivity contribution in [2.75, 3.05) is 12.4 Å². The highest BCUT2D eigenvalue weighted by atomic mass is 32.1. The number of anilines is 1. The van der Waals surface area contributed by atoms with Crippen molar-refractivity contribution < 1.29 is 24.2 Å². The summed E-state index contributed by atoms with van der Waals surface area (Å²) in [7, 11) is 1.35. The van der Waals surface area contributed by atoms with Crippen LogP contribution in [-0.4, -0.2) is 30.1 Å². The van der Waals surface area contributed by atoms with Crippen molar-refractivity contribution in [1.82, 2.24) is 0 Å². The maximum atomic E-state index is 13.2. The number of carbonyl (C=O) groups is 3. The third-order valence-corrected chi connectivity index (χ3v) is 9.00. The van der Waals surface area contributed by atoms with E-state index in [9.17, 15) is 19.5 Å². The lowest BCUT2D eigenvalue weighted by molar-refractivity contribution is -0.146. The second kappa shape index (κ2) is 9.38. The predicted molar refractivity (Wildman–Crippen MR) is 126 cm³/mol. The van der Waals surface area contributed by atoms with Crippen molar-refractivity contribution in [1.29, 1.82) is 0 Å². The Morgan fingerprint density at radius 3 is 2.31 bits per heavy atom. The van der Waals surface area contributed by atoms with Gasteiger partial charge in [-0.3, -0.25) is 9.59 Å². The lowest BCUT2D eigenvalue weighted by Gasteiger charge is -2.36. The molecule has 0 aliphatic heterocycles. The molecule has 1 amide bonds. The number of hydrogen-bond acceptors (Lipinski definition) is 5.